The van der Waals surface area contributed by atoms with Crippen LogP contribution in [0.5, 0.6) is 0 Å². The molecule has 0 saturated heterocycles. The van der Waals surface area contributed by atoms with Crippen LogP contribution in [0.3, 0.4) is 0 Å². The zero-order valence-electron chi connectivity index (χ0n) is 15.3. The van der Waals surface area contributed by atoms with Crippen LogP contribution in [0.15, 0.2) is 42.7 Å². The van der Waals surface area contributed by atoms with E-state index in [0.29, 0.717) is 34.5 Å². The van der Waals surface area contributed by atoms with Crippen molar-refractivity contribution in [3.63, 3.8) is 0 Å². The fraction of sp³-hybridized carbons (Fsp3) is 0.250. The Bertz CT molecular complexity index is 1110. The summed E-state index contributed by atoms with van der Waals surface area (Å²) in [7, 11) is 1.78. The zero-order chi connectivity index (χ0) is 19.1. The Kier molecular flexibility index (Phi) is 4.22. The van der Waals surface area contributed by atoms with Crippen LogP contribution in [0.4, 0.5) is 8.78 Å². The molecule has 3 heterocycles. The first kappa shape index (κ1) is 17.3. The van der Waals surface area contributed by atoms with Gasteiger partial charge in [0.1, 0.15) is 0 Å². The highest BCUT2D eigenvalue weighted by atomic mass is 19.3. The van der Waals surface area contributed by atoms with Crippen LogP contribution in [-0.2, 0) is 13.6 Å². The molecule has 4 rings (SSSR count). The van der Waals surface area contributed by atoms with Crippen molar-refractivity contribution in [2.75, 3.05) is 0 Å². The van der Waals surface area contributed by atoms with Crippen molar-refractivity contribution in [3.8, 4) is 11.3 Å². The topological polar surface area (TPSA) is 48.5 Å². The molecule has 0 saturated carbocycles. The maximum absolute atomic E-state index is 13.8. The number of aromatic nitrogens is 5. The van der Waals surface area contributed by atoms with Crippen LogP contribution in [0.1, 0.15) is 28.8 Å². The molecule has 0 bridgehead atoms. The Morgan fingerprint density at radius 1 is 1.11 bits per heavy atom. The molecule has 0 unspecified atom stereocenters. The van der Waals surface area contributed by atoms with Crippen LogP contribution in [0.2, 0.25) is 0 Å². The number of rotatable bonds is 4. The molecule has 0 spiro atoms. The molecule has 27 heavy (non-hydrogen) atoms. The van der Waals surface area contributed by atoms with E-state index in [4.69, 9.17) is 0 Å². The standard InChI is InChI=1S/C20H19F2N5/c1-12-4-6-14(7-5-12)10-27-20-18(13(2)25-27)16(19(21)22)8-17(24-20)15-9-23-26(3)11-15/h4-9,11,19H,10H2,1-3H3. The molecule has 138 valence electrons. The molecule has 0 amide bonds. The van der Waals surface area contributed by atoms with E-state index in [-0.39, 0.29) is 5.56 Å². The predicted molar refractivity (Wildman–Crippen MR) is 99.7 cm³/mol. The monoisotopic (exact) mass is 367 g/mol. The first-order chi connectivity index (χ1) is 12.9. The first-order valence-corrected chi connectivity index (χ1v) is 8.63. The Labute approximate surface area is 155 Å². The molecule has 1 aromatic carbocycles. The summed E-state index contributed by atoms with van der Waals surface area (Å²) in [6.45, 7) is 4.23. The Hall–Kier alpha value is -3.09. The molecule has 0 N–H and O–H groups in total. The SMILES string of the molecule is Cc1ccc(Cn2nc(C)c3c(C(F)F)cc(-c4cnn(C)c4)nc32)cc1. The number of alkyl halides is 2. The van der Waals surface area contributed by atoms with Gasteiger partial charge in [-0.3, -0.25) is 4.68 Å². The van der Waals surface area contributed by atoms with Gasteiger partial charge in [0.2, 0.25) is 0 Å². The minimum absolute atomic E-state index is 0.0495. The fourth-order valence-electron chi connectivity index (χ4n) is 3.24. The van der Waals surface area contributed by atoms with Gasteiger partial charge in [-0.05, 0) is 25.5 Å². The van der Waals surface area contributed by atoms with Gasteiger partial charge in [0.25, 0.3) is 6.43 Å². The third kappa shape index (κ3) is 3.20. The lowest BCUT2D eigenvalue weighted by molar-refractivity contribution is 0.153. The third-order valence-corrected chi connectivity index (χ3v) is 4.60. The fourth-order valence-corrected chi connectivity index (χ4v) is 3.24. The largest absolute Gasteiger partial charge is 0.275 e. The van der Waals surface area contributed by atoms with E-state index >= 15 is 0 Å². The predicted octanol–water partition coefficient (Wildman–Crippen LogP) is 4.43. The summed E-state index contributed by atoms with van der Waals surface area (Å²) in [5.41, 5.74) is 4.33. The highest BCUT2D eigenvalue weighted by molar-refractivity contribution is 5.85. The van der Waals surface area contributed by atoms with Gasteiger partial charge in [0, 0.05) is 24.4 Å². The number of fused-ring (bicyclic) bond motifs is 1. The third-order valence-electron chi connectivity index (χ3n) is 4.60. The molecule has 3 aromatic heterocycles. The van der Waals surface area contributed by atoms with Crippen molar-refractivity contribution in [1.29, 1.82) is 0 Å². The normalized spacial score (nSPS) is 11.6. The second kappa shape index (κ2) is 6.57. The highest BCUT2D eigenvalue weighted by Gasteiger charge is 2.21. The van der Waals surface area contributed by atoms with Crippen LogP contribution in [-0.4, -0.2) is 24.5 Å². The van der Waals surface area contributed by atoms with Gasteiger partial charge in [-0.1, -0.05) is 29.8 Å². The van der Waals surface area contributed by atoms with Crippen LogP contribution in [0, 0.1) is 13.8 Å². The Morgan fingerprint density at radius 2 is 1.85 bits per heavy atom. The van der Waals surface area contributed by atoms with Gasteiger partial charge in [0.15, 0.2) is 5.65 Å². The molecular weight excluding hydrogens is 348 g/mol. The first-order valence-electron chi connectivity index (χ1n) is 8.63. The number of nitrogens with zero attached hydrogens (tertiary/aromatic N) is 5. The number of aryl methyl sites for hydroxylation is 3. The number of benzene rings is 1. The zero-order valence-corrected chi connectivity index (χ0v) is 15.3. The lowest BCUT2D eigenvalue weighted by Crippen LogP contribution is -2.04. The summed E-state index contributed by atoms with van der Waals surface area (Å²) in [4.78, 5) is 4.65. The van der Waals surface area contributed by atoms with Gasteiger partial charge in [-0.2, -0.15) is 10.2 Å². The van der Waals surface area contributed by atoms with E-state index in [1.807, 2.05) is 31.2 Å². The van der Waals surface area contributed by atoms with Gasteiger partial charge in [0.05, 0.1) is 29.5 Å². The average Bonchev–Trinajstić information content (AvgIpc) is 3.20. The molecule has 0 atom stereocenters. The summed E-state index contributed by atoms with van der Waals surface area (Å²) in [5, 5.41) is 9.03. The quantitative estimate of drug-likeness (QED) is 0.536. The molecule has 5 nitrogen and oxygen atoms in total. The lowest BCUT2D eigenvalue weighted by Gasteiger charge is -2.08. The van der Waals surface area contributed by atoms with Crippen molar-refractivity contribution in [1.82, 2.24) is 24.5 Å². The summed E-state index contributed by atoms with van der Waals surface area (Å²) in [6, 6.07) is 9.50. The minimum Gasteiger partial charge on any atom is -0.275 e. The maximum Gasteiger partial charge on any atom is 0.264 e. The van der Waals surface area contributed by atoms with Crippen molar-refractivity contribution >= 4 is 11.0 Å². The van der Waals surface area contributed by atoms with E-state index in [9.17, 15) is 8.78 Å². The van der Waals surface area contributed by atoms with Crippen molar-refractivity contribution in [2.24, 2.45) is 7.05 Å². The second-order valence-corrected chi connectivity index (χ2v) is 6.73. The molecule has 0 radical (unpaired) electrons. The van der Waals surface area contributed by atoms with Gasteiger partial charge in [-0.15, -0.1) is 0 Å². The van der Waals surface area contributed by atoms with Crippen molar-refractivity contribution in [3.05, 3.63) is 65.1 Å². The summed E-state index contributed by atoms with van der Waals surface area (Å²) in [6.07, 6.45) is 0.773. The Balaban J connectivity index is 1.89. The number of hydrogen-bond acceptors (Lipinski definition) is 3. The van der Waals surface area contributed by atoms with Gasteiger partial charge >= 0.3 is 0 Å². The van der Waals surface area contributed by atoms with Crippen molar-refractivity contribution in [2.45, 2.75) is 26.8 Å². The smallest absolute Gasteiger partial charge is 0.264 e. The molecule has 0 fully saturated rings. The van der Waals surface area contributed by atoms with Crippen LogP contribution < -0.4 is 0 Å². The summed E-state index contributed by atoms with van der Waals surface area (Å²) in [5.74, 6) is 0. The van der Waals surface area contributed by atoms with E-state index in [1.54, 1.807) is 35.7 Å². The van der Waals surface area contributed by atoms with E-state index in [2.05, 4.69) is 15.2 Å². The van der Waals surface area contributed by atoms with Gasteiger partial charge in [-0.25, -0.2) is 18.4 Å². The Morgan fingerprint density at radius 3 is 2.48 bits per heavy atom. The number of halogens is 2. The number of hydrogen-bond donors (Lipinski definition) is 0. The van der Waals surface area contributed by atoms with Crippen molar-refractivity contribution < 1.29 is 8.78 Å². The summed E-state index contributed by atoms with van der Waals surface area (Å²) >= 11 is 0. The van der Waals surface area contributed by atoms with Gasteiger partial charge < -0.3 is 0 Å². The molecule has 7 heteroatoms. The molecular formula is C20H19F2N5. The molecule has 0 aliphatic carbocycles. The van der Waals surface area contributed by atoms with Crippen LogP contribution >= 0.6 is 0 Å². The van der Waals surface area contributed by atoms with Crippen LogP contribution in [0.25, 0.3) is 22.3 Å². The number of pyridine rings is 1. The van der Waals surface area contributed by atoms with E-state index < -0.39 is 6.43 Å². The molecule has 0 aliphatic heterocycles. The maximum atomic E-state index is 13.8. The van der Waals surface area contributed by atoms with E-state index in [1.165, 1.54) is 6.07 Å². The second-order valence-electron chi connectivity index (χ2n) is 6.73. The lowest BCUT2D eigenvalue weighted by atomic mass is 10.1. The minimum atomic E-state index is -2.61. The highest BCUT2D eigenvalue weighted by Crippen LogP contribution is 2.33. The summed E-state index contributed by atoms with van der Waals surface area (Å²) < 4.78 is 30.9. The molecule has 4 aromatic rings. The van der Waals surface area contributed by atoms with E-state index in [0.717, 1.165) is 11.1 Å². The molecule has 0 aliphatic rings. The average molecular weight is 367 g/mol.